The molecule has 6 heteroatoms. The van der Waals surface area contributed by atoms with Crippen molar-refractivity contribution in [2.75, 3.05) is 14.2 Å². The molecular formula is C21H25ClN2O3. The van der Waals surface area contributed by atoms with Crippen molar-refractivity contribution in [2.45, 2.75) is 32.4 Å². The molecule has 144 valence electrons. The number of methoxy groups -OCH3 is 1. The smallest absolute Gasteiger partial charge is 0.242 e. The van der Waals surface area contributed by atoms with E-state index < -0.39 is 6.04 Å². The van der Waals surface area contributed by atoms with Gasteiger partial charge in [0.1, 0.15) is 11.8 Å². The van der Waals surface area contributed by atoms with Gasteiger partial charge in [0, 0.05) is 18.6 Å². The molecule has 0 saturated heterocycles. The number of hydrogen-bond acceptors (Lipinski definition) is 3. The van der Waals surface area contributed by atoms with Crippen LogP contribution in [0.2, 0.25) is 5.02 Å². The molecule has 0 aliphatic carbocycles. The highest BCUT2D eigenvalue weighted by Gasteiger charge is 2.28. The molecule has 0 heterocycles. The minimum absolute atomic E-state index is 0.136. The third kappa shape index (κ3) is 5.47. The van der Waals surface area contributed by atoms with Gasteiger partial charge >= 0.3 is 0 Å². The van der Waals surface area contributed by atoms with Crippen molar-refractivity contribution >= 4 is 23.4 Å². The number of halogens is 1. The Kier molecular flexibility index (Phi) is 7.67. The van der Waals surface area contributed by atoms with E-state index in [4.69, 9.17) is 16.3 Å². The van der Waals surface area contributed by atoms with Crippen LogP contribution in [0.15, 0.2) is 48.5 Å². The van der Waals surface area contributed by atoms with E-state index >= 15 is 0 Å². The average molecular weight is 389 g/mol. The molecule has 1 N–H and O–H groups in total. The van der Waals surface area contributed by atoms with Crippen LogP contribution in [0.25, 0.3) is 0 Å². The number of nitrogens with zero attached hydrogens (tertiary/aromatic N) is 1. The molecule has 0 saturated carbocycles. The van der Waals surface area contributed by atoms with Crippen LogP contribution in [0.3, 0.4) is 0 Å². The van der Waals surface area contributed by atoms with Gasteiger partial charge in [0.15, 0.2) is 0 Å². The summed E-state index contributed by atoms with van der Waals surface area (Å²) in [4.78, 5) is 27.1. The molecule has 1 unspecified atom stereocenters. The third-order valence-electron chi connectivity index (χ3n) is 4.42. The fourth-order valence-electron chi connectivity index (χ4n) is 2.96. The first-order valence-corrected chi connectivity index (χ1v) is 9.25. The molecule has 0 bridgehead atoms. The molecule has 5 nitrogen and oxygen atoms in total. The van der Waals surface area contributed by atoms with Gasteiger partial charge in [0.05, 0.1) is 13.5 Å². The van der Waals surface area contributed by atoms with E-state index in [1.165, 1.54) is 0 Å². The standard InChI is InChI=1S/C21H25ClN2O3/c1-4-19(21(26)23-2)24(14-15-8-7-10-17(12-15)27-3)20(25)13-16-9-5-6-11-18(16)22/h5-12,19H,4,13-14H2,1-3H3,(H,23,26). The van der Waals surface area contributed by atoms with Gasteiger partial charge in [-0.3, -0.25) is 9.59 Å². The van der Waals surface area contributed by atoms with Gasteiger partial charge in [-0.2, -0.15) is 0 Å². The number of ether oxygens (including phenoxy) is 1. The van der Waals surface area contributed by atoms with Crippen molar-refractivity contribution in [3.63, 3.8) is 0 Å². The van der Waals surface area contributed by atoms with Gasteiger partial charge in [-0.05, 0) is 35.7 Å². The first kappa shape index (κ1) is 20.8. The SMILES string of the molecule is CCC(C(=O)NC)N(Cc1cccc(OC)c1)C(=O)Cc1ccccc1Cl. The zero-order chi connectivity index (χ0) is 19.8. The third-order valence-corrected chi connectivity index (χ3v) is 4.79. The highest BCUT2D eigenvalue weighted by Crippen LogP contribution is 2.20. The van der Waals surface area contributed by atoms with Crippen LogP contribution in [0.1, 0.15) is 24.5 Å². The van der Waals surface area contributed by atoms with E-state index in [0.717, 1.165) is 11.1 Å². The molecule has 2 amide bonds. The largest absolute Gasteiger partial charge is 0.497 e. The highest BCUT2D eigenvalue weighted by molar-refractivity contribution is 6.31. The summed E-state index contributed by atoms with van der Waals surface area (Å²) in [5, 5.41) is 3.19. The average Bonchev–Trinajstić information content (AvgIpc) is 2.69. The van der Waals surface area contributed by atoms with Crippen LogP contribution in [0, 0.1) is 0 Å². The van der Waals surface area contributed by atoms with E-state index in [1.54, 1.807) is 25.1 Å². The first-order chi connectivity index (χ1) is 13.0. The van der Waals surface area contributed by atoms with Gasteiger partial charge in [-0.25, -0.2) is 0 Å². The maximum absolute atomic E-state index is 13.1. The summed E-state index contributed by atoms with van der Waals surface area (Å²) in [6.07, 6.45) is 0.648. The molecule has 0 spiro atoms. The van der Waals surface area contributed by atoms with Crippen molar-refractivity contribution < 1.29 is 14.3 Å². The van der Waals surface area contributed by atoms with E-state index in [1.807, 2.05) is 49.4 Å². The molecule has 0 aromatic heterocycles. The number of likely N-dealkylation sites (N-methyl/N-ethyl adjacent to an activating group) is 1. The Morgan fingerprint density at radius 2 is 1.93 bits per heavy atom. The minimum Gasteiger partial charge on any atom is -0.497 e. The maximum Gasteiger partial charge on any atom is 0.242 e. The summed E-state index contributed by atoms with van der Waals surface area (Å²) in [7, 11) is 3.17. The topological polar surface area (TPSA) is 58.6 Å². The second kappa shape index (κ2) is 9.97. The molecule has 2 aromatic carbocycles. The Morgan fingerprint density at radius 1 is 1.19 bits per heavy atom. The van der Waals surface area contributed by atoms with Crippen LogP contribution in [0.5, 0.6) is 5.75 Å². The first-order valence-electron chi connectivity index (χ1n) is 8.87. The van der Waals surface area contributed by atoms with Crippen LogP contribution in [-0.4, -0.2) is 36.9 Å². The molecule has 27 heavy (non-hydrogen) atoms. The van der Waals surface area contributed by atoms with E-state index in [2.05, 4.69) is 5.32 Å². The number of carbonyl (C=O) groups is 2. The van der Waals surface area contributed by atoms with Crippen LogP contribution in [-0.2, 0) is 22.6 Å². The van der Waals surface area contributed by atoms with Gasteiger partial charge in [0.25, 0.3) is 0 Å². The van der Waals surface area contributed by atoms with E-state index in [0.29, 0.717) is 23.7 Å². The number of rotatable bonds is 8. The monoisotopic (exact) mass is 388 g/mol. The maximum atomic E-state index is 13.1. The Balaban J connectivity index is 2.31. The molecule has 0 radical (unpaired) electrons. The van der Waals surface area contributed by atoms with Crippen molar-refractivity contribution in [2.24, 2.45) is 0 Å². The predicted molar refractivity (Wildman–Crippen MR) is 107 cm³/mol. The highest BCUT2D eigenvalue weighted by atomic mass is 35.5. The Labute approximate surface area is 165 Å². The molecule has 0 fully saturated rings. The number of carbonyl (C=O) groups excluding carboxylic acids is 2. The van der Waals surface area contributed by atoms with Crippen LogP contribution >= 0.6 is 11.6 Å². The minimum atomic E-state index is -0.559. The van der Waals surface area contributed by atoms with Gasteiger partial charge < -0.3 is 15.0 Å². The summed E-state index contributed by atoms with van der Waals surface area (Å²) in [6.45, 7) is 2.20. The Hall–Kier alpha value is -2.53. The lowest BCUT2D eigenvalue weighted by Gasteiger charge is -2.30. The summed E-state index contributed by atoms with van der Waals surface area (Å²) in [5.74, 6) is 0.369. The summed E-state index contributed by atoms with van der Waals surface area (Å²) >= 11 is 6.21. The number of hydrogen-bond donors (Lipinski definition) is 1. The second-order valence-corrected chi connectivity index (χ2v) is 6.59. The molecule has 2 rings (SSSR count). The number of amides is 2. The van der Waals surface area contributed by atoms with Crippen molar-refractivity contribution in [1.82, 2.24) is 10.2 Å². The molecule has 0 aliphatic rings. The van der Waals surface area contributed by atoms with Gasteiger partial charge in [-0.1, -0.05) is 48.9 Å². The Morgan fingerprint density at radius 3 is 2.56 bits per heavy atom. The van der Waals surface area contributed by atoms with E-state index in [-0.39, 0.29) is 18.2 Å². The summed E-state index contributed by atoms with van der Waals surface area (Å²) in [5.41, 5.74) is 1.63. The Bertz CT molecular complexity index is 795. The fourth-order valence-corrected chi connectivity index (χ4v) is 3.16. The summed E-state index contributed by atoms with van der Waals surface area (Å²) in [6, 6.07) is 14.2. The zero-order valence-corrected chi connectivity index (χ0v) is 16.6. The number of nitrogens with one attached hydrogen (secondary N) is 1. The normalized spacial score (nSPS) is 11.6. The van der Waals surface area contributed by atoms with Crippen molar-refractivity contribution in [3.8, 4) is 5.75 Å². The molecule has 0 aliphatic heterocycles. The second-order valence-electron chi connectivity index (χ2n) is 6.18. The lowest BCUT2D eigenvalue weighted by molar-refractivity contribution is -0.140. The lowest BCUT2D eigenvalue weighted by Crippen LogP contribution is -2.48. The van der Waals surface area contributed by atoms with Crippen LogP contribution < -0.4 is 10.1 Å². The summed E-state index contributed by atoms with van der Waals surface area (Å²) < 4.78 is 5.26. The quantitative estimate of drug-likeness (QED) is 0.753. The van der Waals surface area contributed by atoms with Crippen molar-refractivity contribution in [3.05, 3.63) is 64.7 Å². The predicted octanol–water partition coefficient (Wildman–Crippen LogP) is 3.44. The lowest BCUT2D eigenvalue weighted by atomic mass is 10.1. The molecular weight excluding hydrogens is 364 g/mol. The van der Waals surface area contributed by atoms with E-state index in [9.17, 15) is 9.59 Å². The molecule has 1 atom stereocenters. The van der Waals surface area contributed by atoms with Gasteiger partial charge in [0.2, 0.25) is 11.8 Å². The van der Waals surface area contributed by atoms with Crippen molar-refractivity contribution in [1.29, 1.82) is 0 Å². The van der Waals surface area contributed by atoms with Gasteiger partial charge in [-0.15, -0.1) is 0 Å². The fraction of sp³-hybridized carbons (Fsp3) is 0.333. The number of benzene rings is 2. The zero-order valence-electron chi connectivity index (χ0n) is 15.9. The van der Waals surface area contributed by atoms with Crippen LogP contribution in [0.4, 0.5) is 0 Å². The molecule has 2 aromatic rings.